The van der Waals surface area contributed by atoms with Crippen LogP contribution in [-0.4, -0.2) is 50.4 Å². The quantitative estimate of drug-likeness (QED) is 0.508. The van der Waals surface area contributed by atoms with Crippen LogP contribution in [0.15, 0.2) is 72.9 Å². The Bertz CT molecular complexity index is 1210. The van der Waals surface area contributed by atoms with Crippen molar-refractivity contribution < 1.29 is 19.0 Å². The van der Waals surface area contributed by atoms with E-state index in [9.17, 15) is 4.79 Å². The zero-order chi connectivity index (χ0) is 24.2. The number of ether oxygens (including phenoxy) is 3. The fourth-order valence-corrected chi connectivity index (χ4v) is 4.40. The van der Waals surface area contributed by atoms with Crippen molar-refractivity contribution in [2.75, 3.05) is 44.5 Å². The van der Waals surface area contributed by atoms with Gasteiger partial charge in [-0.1, -0.05) is 35.9 Å². The molecule has 2 heterocycles. The Balaban J connectivity index is 1.20. The van der Waals surface area contributed by atoms with Crippen molar-refractivity contribution in [2.24, 2.45) is 0 Å². The monoisotopic (exact) mass is 470 g/mol. The van der Waals surface area contributed by atoms with Crippen LogP contribution in [0.4, 0.5) is 5.69 Å². The number of benzene rings is 3. The van der Waals surface area contributed by atoms with Crippen LogP contribution in [-0.2, 0) is 14.3 Å². The third-order valence-corrected chi connectivity index (χ3v) is 6.39. The molecule has 3 aromatic carbocycles. The van der Waals surface area contributed by atoms with Crippen LogP contribution in [0.3, 0.4) is 0 Å². The van der Waals surface area contributed by atoms with E-state index in [2.05, 4.69) is 61.2 Å². The molecule has 3 aromatic rings. The molecule has 0 N–H and O–H groups in total. The first-order valence-corrected chi connectivity index (χ1v) is 11.9. The van der Waals surface area contributed by atoms with E-state index < -0.39 is 0 Å². The number of anilines is 1. The maximum Gasteiger partial charge on any atom is 0.260 e. The Morgan fingerprint density at radius 2 is 1.63 bits per heavy atom. The van der Waals surface area contributed by atoms with Crippen molar-refractivity contribution in [2.45, 2.75) is 13.8 Å². The van der Waals surface area contributed by atoms with E-state index in [1.54, 1.807) is 4.90 Å². The van der Waals surface area contributed by atoms with Crippen LogP contribution in [0.1, 0.15) is 16.7 Å². The highest BCUT2D eigenvalue weighted by Gasteiger charge is 2.19. The molecule has 1 fully saturated rings. The SMILES string of the molecule is Cc1ccc(-c2ccc(N3C=C(c4ccc(OCC(=O)N5CCOCC5)cc4)OC3)cc2)c(C)c1. The summed E-state index contributed by atoms with van der Waals surface area (Å²) in [7, 11) is 0. The molecule has 0 spiro atoms. The third kappa shape index (κ3) is 5.33. The highest BCUT2D eigenvalue weighted by molar-refractivity contribution is 5.78. The molecule has 180 valence electrons. The second-order valence-electron chi connectivity index (χ2n) is 8.91. The lowest BCUT2D eigenvalue weighted by Crippen LogP contribution is -2.42. The zero-order valence-electron chi connectivity index (χ0n) is 20.2. The molecule has 0 saturated carbocycles. The molecule has 0 unspecified atom stereocenters. The second-order valence-corrected chi connectivity index (χ2v) is 8.91. The van der Waals surface area contributed by atoms with Crippen LogP contribution in [0, 0.1) is 13.8 Å². The van der Waals surface area contributed by atoms with Crippen molar-refractivity contribution >= 4 is 17.4 Å². The molecule has 35 heavy (non-hydrogen) atoms. The van der Waals surface area contributed by atoms with E-state index in [4.69, 9.17) is 14.2 Å². The maximum atomic E-state index is 12.3. The first kappa shape index (κ1) is 23.0. The van der Waals surface area contributed by atoms with Crippen LogP contribution < -0.4 is 9.64 Å². The van der Waals surface area contributed by atoms with Crippen LogP contribution in [0.25, 0.3) is 16.9 Å². The standard InChI is InChI=1S/C29H30N2O4/c1-21-3-12-27(22(2)17-21)23-4-8-25(9-5-23)31-18-28(35-20-31)24-6-10-26(11-7-24)34-19-29(32)30-13-15-33-16-14-30/h3-12,17-18H,13-16,19-20H2,1-2H3. The lowest BCUT2D eigenvalue weighted by atomic mass is 9.98. The molecule has 5 rings (SSSR count). The van der Waals surface area contributed by atoms with Crippen molar-refractivity contribution in [1.82, 2.24) is 4.90 Å². The minimum absolute atomic E-state index is 0.0154. The van der Waals surface area contributed by atoms with Gasteiger partial charge in [0, 0.05) is 24.3 Å². The number of carbonyl (C=O) groups excluding carboxylic acids is 1. The number of amides is 1. The third-order valence-electron chi connectivity index (χ3n) is 6.39. The summed E-state index contributed by atoms with van der Waals surface area (Å²) >= 11 is 0. The Morgan fingerprint density at radius 1 is 0.914 bits per heavy atom. The van der Waals surface area contributed by atoms with E-state index in [0.717, 1.165) is 17.0 Å². The number of nitrogens with zero attached hydrogens (tertiary/aromatic N) is 2. The minimum atomic E-state index is -0.0154. The van der Waals surface area contributed by atoms with Gasteiger partial charge in [0.1, 0.15) is 11.5 Å². The molecule has 6 heteroatoms. The van der Waals surface area contributed by atoms with Crippen LogP contribution in [0.5, 0.6) is 5.75 Å². The number of carbonyl (C=O) groups is 1. The molecule has 1 saturated heterocycles. The summed E-state index contributed by atoms with van der Waals surface area (Å²) in [6, 6.07) is 22.7. The van der Waals surface area contributed by atoms with Gasteiger partial charge in [0.25, 0.3) is 5.91 Å². The molecule has 2 aliphatic heterocycles. The van der Waals surface area contributed by atoms with E-state index in [0.29, 0.717) is 38.8 Å². The predicted molar refractivity (Wildman–Crippen MR) is 137 cm³/mol. The first-order valence-electron chi connectivity index (χ1n) is 11.9. The van der Waals surface area contributed by atoms with Gasteiger partial charge in [-0.25, -0.2) is 0 Å². The molecule has 0 atom stereocenters. The molecule has 0 bridgehead atoms. The predicted octanol–water partition coefficient (Wildman–Crippen LogP) is 5.00. The average Bonchev–Trinajstić information content (AvgIpc) is 3.39. The van der Waals surface area contributed by atoms with E-state index in [1.807, 2.05) is 30.5 Å². The number of morpholine rings is 1. The van der Waals surface area contributed by atoms with E-state index in [-0.39, 0.29) is 12.5 Å². The molecular weight excluding hydrogens is 440 g/mol. The molecule has 0 radical (unpaired) electrons. The molecule has 0 aliphatic carbocycles. The second kappa shape index (κ2) is 10.2. The molecule has 2 aliphatic rings. The van der Waals surface area contributed by atoms with Gasteiger partial charge in [0.2, 0.25) is 0 Å². The maximum absolute atomic E-state index is 12.3. The summed E-state index contributed by atoms with van der Waals surface area (Å²) in [5, 5.41) is 0. The van der Waals surface area contributed by atoms with Gasteiger partial charge in [-0.2, -0.15) is 0 Å². The fourth-order valence-electron chi connectivity index (χ4n) is 4.40. The highest BCUT2D eigenvalue weighted by atomic mass is 16.5. The van der Waals surface area contributed by atoms with Gasteiger partial charge in [0.15, 0.2) is 13.3 Å². The number of hydrogen-bond acceptors (Lipinski definition) is 5. The number of rotatable bonds is 6. The Hall–Kier alpha value is -3.77. The van der Waals surface area contributed by atoms with E-state index in [1.165, 1.54) is 22.3 Å². The fraction of sp³-hybridized carbons (Fsp3) is 0.276. The van der Waals surface area contributed by atoms with Crippen LogP contribution >= 0.6 is 0 Å². The molecule has 1 amide bonds. The van der Waals surface area contributed by atoms with Gasteiger partial charge in [-0.3, -0.25) is 4.79 Å². The van der Waals surface area contributed by atoms with Gasteiger partial charge < -0.3 is 24.0 Å². The van der Waals surface area contributed by atoms with Crippen LogP contribution in [0.2, 0.25) is 0 Å². The topological polar surface area (TPSA) is 51.2 Å². The summed E-state index contributed by atoms with van der Waals surface area (Å²) in [5.74, 6) is 1.45. The van der Waals surface area contributed by atoms with E-state index >= 15 is 0 Å². The Kier molecular flexibility index (Phi) is 6.73. The smallest absolute Gasteiger partial charge is 0.260 e. The lowest BCUT2D eigenvalue weighted by Gasteiger charge is -2.26. The van der Waals surface area contributed by atoms with Crippen molar-refractivity contribution in [1.29, 1.82) is 0 Å². The first-order chi connectivity index (χ1) is 17.1. The minimum Gasteiger partial charge on any atom is -0.484 e. The summed E-state index contributed by atoms with van der Waals surface area (Å²) in [6.45, 7) is 7.18. The largest absolute Gasteiger partial charge is 0.484 e. The molecule has 0 aromatic heterocycles. The van der Waals surface area contributed by atoms with Gasteiger partial charge in [0.05, 0.1) is 19.4 Å². The zero-order valence-corrected chi connectivity index (χ0v) is 20.2. The number of hydrogen-bond donors (Lipinski definition) is 0. The Morgan fingerprint density at radius 3 is 2.34 bits per heavy atom. The van der Waals surface area contributed by atoms with Crippen molar-refractivity contribution in [3.63, 3.8) is 0 Å². The summed E-state index contributed by atoms with van der Waals surface area (Å²) in [6.07, 6.45) is 2.02. The van der Waals surface area contributed by atoms with Gasteiger partial charge in [-0.05, 0) is 66.9 Å². The summed E-state index contributed by atoms with van der Waals surface area (Å²) in [4.78, 5) is 16.1. The molecular formula is C29H30N2O4. The summed E-state index contributed by atoms with van der Waals surface area (Å²) in [5.41, 5.74) is 7.06. The van der Waals surface area contributed by atoms with Gasteiger partial charge >= 0.3 is 0 Å². The normalized spacial score (nSPS) is 15.5. The highest BCUT2D eigenvalue weighted by Crippen LogP contribution is 2.31. The Labute approximate surface area is 206 Å². The summed E-state index contributed by atoms with van der Waals surface area (Å²) < 4.78 is 16.9. The molecule has 6 nitrogen and oxygen atoms in total. The average molecular weight is 471 g/mol. The van der Waals surface area contributed by atoms with Crippen molar-refractivity contribution in [3.05, 3.63) is 89.6 Å². The van der Waals surface area contributed by atoms with Gasteiger partial charge in [-0.15, -0.1) is 0 Å². The lowest BCUT2D eigenvalue weighted by molar-refractivity contribution is -0.137. The number of aryl methyl sites for hydroxylation is 2. The van der Waals surface area contributed by atoms with Crippen molar-refractivity contribution in [3.8, 4) is 16.9 Å².